The zero-order chi connectivity index (χ0) is 22.0. The van der Waals surface area contributed by atoms with Gasteiger partial charge < -0.3 is 10.3 Å². The summed E-state index contributed by atoms with van der Waals surface area (Å²) in [5, 5.41) is 4.32. The summed E-state index contributed by atoms with van der Waals surface area (Å²) in [7, 11) is 0. The van der Waals surface area contributed by atoms with E-state index in [0.717, 1.165) is 31.2 Å². The van der Waals surface area contributed by atoms with Crippen molar-refractivity contribution in [3.8, 4) is 0 Å². The maximum Gasteiger partial charge on any atom is 0.220 e. The molecule has 3 heteroatoms. The van der Waals surface area contributed by atoms with E-state index in [4.69, 9.17) is 0 Å². The lowest BCUT2D eigenvalue weighted by Crippen LogP contribution is -2.25. The second-order valence-corrected chi connectivity index (χ2v) is 8.44. The Labute approximate surface area is 189 Å². The van der Waals surface area contributed by atoms with Crippen molar-refractivity contribution in [1.82, 2.24) is 10.3 Å². The van der Waals surface area contributed by atoms with Crippen LogP contribution in [0.3, 0.4) is 0 Å². The van der Waals surface area contributed by atoms with E-state index in [2.05, 4.69) is 65.9 Å². The van der Waals surface area contributed by atoms with Crippen molar-refractivity contribution in [3.63, 3.8) is 0 Å². The number of carbonyl (C=O) groups excluding carboxylic acids is 1. The van der Waals surface area contributed by atoms with Crippen LogP contribution in [0.1, 0.15) is 89.5 Å². The van der Waals surface area contributed by atoms with Crippen molar-refractivity contribution in [2.75, 3.05) is 6.54 Å². The Morgan fingerprint density at radius 2 is 1.61 bits per heavy atom. The third-order valence-electron chi connectivity index (χ3n) is 5.75. The van der Waals surface area contributed by atoms with Gasteiger partial charge in [0.1, 0.15) is 0 Å². The van der Waals surface area contributed by atoms with Crippen molar-refractivity contribution >= 4 is 16.8 Å². The SMILES string of the molecule is CCCCCC=CCC=CCCCCCCCC(=O)NCCc1c[nH]c2ccccc12. The summed E-state index contributed by atoms with van der Waals surface area (Å²) < 4.78 is 0. The number of aromatic nitrogens is 1. The van der Waals surface area contributed by atoms with Gasteiger partial charge in [-0.15, -0.1) is 0 Å². The third kappa shape index (κ3) is 11.1. The van der Waals surface area contributed by atoms with Gasteiger partial charge in [0.25, 0.3) is 0 Å². The Balaban J connectivity index is 1.39. The van der Waals surface area contributed by atoms with Gasteiger partial charge >= 0.3 is 0 Å². The molecule has 2 aromatic rings. The molecule has 0 aliphatic heterocycles. The molecule has 2 N–H and O–H groups in total. The van der Waals surface area contributed by atoms with Gasteiger partial charge in [0.05, 0.1) is 0 Å². The average Bonchev–Trinajstić information content (AvgIpc) is 3.19. The van der Waals surface area contributed by atoms with Crippen molar-refractivity contribution in [1.29, 1.82) is 0 Å². The first-order valence-electron chi connectivity index (χ1n) is 12.4. The lowest BCUT2D eigenvalue weighted by Gasteiger charge is -2.05. The highest BCUT2D eigenvalue weighted by molar-refractivity contribution is 5.83. The van der Waals surface area contributed by atoms with Gasteiger partial charge in [0.15, 0.2) is 0 Å². The molecule has 170 valence electrons. The van der Waals surface area contributed by atoms with Crippen LogP contribution < -0.4 is 5.32 Å². The van der Waals surface area contributed by atoms with Crippen LogP contribution in [-0.2, 0) is 11.2 Å². The number of aromatic amines is 1. The second-order valence-electron chi connectivity index (χ2n) is 8.44. The molecule has 1 heterocycles. The van der Waals surface area contributed by atoms with E-state index in [1.165, 1.54) is 62.3 Å². The highest BCUT2D eigenvalue weighted by Crippen LogP contribution is 2.17. The minimum Gasteiger partial charge on any atom is -0.361 e. The van der Waals surface area contributed by atoms with Gasteiger partial charge in [-0.2, -0.15) is 0 Å². The van der Waals surface area contributed by atoms with Crippen LogP contribution in [-0.4, -0.2) is 17.4 Å². The number of para-hydroxylation sites is 1. The molecule has 0 bridgehead atoms. The number of H-pyrrole nitrogens is 1. The first-order valence-corrected chi connectivity index (χ1v) is 12.4. The number of unbranched alkanes of at least 4 members (excludes halogenated alkanes) is 8. The predicted octanol–water partition coefficient (Wildman–Crippen LogP) is 7.64. The zero-order valence-electron chi connectivity index (χ0n) is 19.5. The summed E-state index contributed by atoms with van der Waals surface area (Å²) >= 11 is 0. The fraction of sp³-hybridized carbons (Fsp3) is 0.536. The molecule has 2 rings (SSSR count). The molecule has 1 amide bonds. The number of fused-ring (bicyclic) bond motifs is 1. The predicted molar refractivity (Wildman–Crippen MR) is 134 cm³/mol. The number of allylic oxidation sites excluding steroid dienone is 4. The molecule has 0 atom stereocenters. The number of amides is 1. The van der Waals surface area contributed by atoms with Gasteiger partial charge in [0, 0.05) is 30.1 Å². The molecule has 1 aromatic carbocycles. The summed E-state index contributed by atoms with van der Waals surface area (Å²) in [6.07, 6.45) is 26.1. The van der Waals surface area contributed by atoms with Crippen LogP contribution in [0.5, 0.6) is 0 Å². The second kappa shape index (κ2) is 16.4. The largest absolute Gasteiger partial charge is 0.361 e. The van der Waals surface area contributed by atoms with E-state index in [-0.39, 0.29) is 5.91 Å². The molecule has 0 saturated carbocycles. The van der Waals surface area contributed by atoms with E-state index in [9.17, 15) is 4.79 Å². The summed E-state index contributed by atoms with van der Waals surface area (Å²) in [5.74, 6) is 0.186. The lowest BCUT2D eigenvalue weighted by atomic mass is 10.1. The van der Waals surface area contributed by atoms with Gasteiger partial charge in [-0.05, 0) is 56.6 Å². The molecule has 1 aromatic heterocycles. The third-order valence-corrected chi connectivity index (χ3v) is 5.75. The van der Waals surface area contributed by atoms with Gasteiger partial charge in [-0.25, -0.2) is 0 Å². The molecule has 0 aliphatic carbocycles. The number of rotatable bonds is 17. The van der Waals surface area contributed by atoms with E-state index >= 15 is 0 Å². The molecular formula is C28H42N2O. The Morgan fingerprint density at radius 1 is 0.903 bits per heavy atom. The van der Waals surface area contributed by atoms with Gasteiger partial charge in [0.2, 0.25) is 5.91 Å². The zero-order valence-corrected chi connectivity index (χ0v) is 19.5. The molecular weight excluding hydrogens is 380 g/mol. The fourth-order valence-electron chi connectivity index (χ4n) is 3.86. The van der Waals surface area contributed by atoms with Crippen molar-refractivity contribution in [3.05, 3.63) is 60.3 Å². The normalized spacial score (nSPS) is 11.8. The smallest absolute Gasteiger partial charge is 0.220 e. The number of nitrogens with one attached hydrogen (secondary N) is 2. The Morgan fingerprint density at radius 3 is 2.42 bits per heavy atom. The van der Waals surface area contributed by atoms with Crippen LogP contribution in [0.4, 0.5) is 0 Å². The highest BCUT2D eigenvalue weighted by atomic mass is 16.1. The van der Waals surface area contributed by atoms with Crippen LogP contribution in [0.2, 0.25) is 0 Å². The maximum atomic E-state index is 12.0. The summed E-state index contributed by atoms with van der Waals surface area (Å²) in [6, 6.07) is 8.31. The van der Waals surface area contributed by atoms with Crippen molar-refractivity contribution in [2.45, 2.75) is 90.4 Å². The lowest BCUT2D eigenvalue weighted by molar-refractivity contribution is -0.121. The van der Waals surface area contributed by atoms with Crippen LogP contribution in [0.25, 0.3) is 10.9 Å². The number of benzene rings is 1. The number of carbonyl (C=O) groups is 1. The van der Waals surface area contributed by atoms with Crippen LogP contribution in [0, 0.1) is 0 Å². The maximum absolute atomic E-state index is 12.0. The molecule has 0 unspecified atom stereocenters. The molecule has 0 saturated heterocycles. The van der Waals surface area contributed by atoms with E-state index < -0.39 is 0 Å². The van der Waals surface area contributed by atoms with Gasteiger partial charge in [-0.3, -0.25) is 4.79 Å². The molecule has 0 spiro atoms. The van der Waals surface area contributed by atoms with Crippen molar-refractivity contribution in [2.24, 2.45) is 0 Å². The number of hydrogen-bond acceptors (Lipinski definition) is 1. The van der Waals surface area contributed by atoms with Crippen LogP contribution >= 0.6 is 0 Å². The summed E-state index contributed by atoms with van der Waals surface area (Å²) in [4.78, 5) is 15.3. The summed E-state index contributed by atoms with van der Waals surface area (Å²) in [5.41, 5.74) is 2.43. The van der Waals surface area contributed by atoms with Crippen molar-refractivity contribution < 1.29 is 4.79 Å². The van der Waals surface area contributed by atoms with E-state index in [1.807, 2.05) is 6.07 Å². The van der Waals surface area contributed by atoms with E-state index in [0.29, 0.717) is 13.0 Å². The standard InChI is InChI=1S/C28H42N2O/c1-2-3-4-5-6-7-8-9-10-11-12-13-14-15-16-21-28(31)29-23-22-25-24-30-27-20-18-17-19-26(25)27/h6-7,9-10,17-20,24,30H,2-5,8,11-16,21-23H2,1H3,(H,29,31). The first kappa shape index (κ1) is 25.0. The first-order chi connectivity index (χ1) is 15.3. The number of hydrogen-bond donors (Lipinski definition) is 2. The molecule has 31 heavy (non-hydrogen) atoms. The Bertz CT molecular complexity index is 787. The van der Waals surface area contributed by atoms with Crippen LogP contribution in [0.15, 0.2) is 54.8 Å². The summed E-state index contributed by atoms with van der Waals surface area (Å²) in [6.45, 7) is 2.96. The van der Waals surface area contributed by atoms with E-state index in [1.54, 1.807) is 0 Å². The minimum atomic E-state index is 0.186. The quantitative estimate of drug-likeness (QED) is 0.200. The molecule has 0 aliphatic rings. The Kier molecular flexibility index (Phi) is 13.2. The molecule has 3 nitrogen and oxygen atoms in total. The molecule has 0 radical (unpaired) electrons. The fourth-order valence-corrected chi connectivity index (χ4v) is 3.86. The molecule has 0 fully saturated rings. The topological polar surface area (TPSA) is 44.9 Å². The highest BCUT2D eigenvalue weighted by Gasteiger charge is 2.04. The van der Waals surface area contributed by atoms with Gasteiger partial charge in [-0.1, -0.05) is 81.5 Å². The average molecular weight is 423 g/mol. The monoisotopic (exact) mass is 422 g/mol. The Hall–Kier alpha value is -2.29. The minimum absolute atomic E-state index is 0.186.